The van der Waals surface area contributed by atoms with E-state index in [1.165, 1.54) is 0 Å². The second-order valence-corrected chi connectivity index (χ2v) is 5.77. The van der Waals surface area contributed by atoms with Crippen molar-refractivity contribution in [1.82, 2.24) is 10.2 Å². The Hall–Kier alpha value is -1.30. The molecular weight excluding hydrogens is 222 g/mol. The molecule has 0 unspecified atom stereocenters. The molecule has 0 radical (unpaired) electrons. The van der Waals surface area contributed by atoms with Gasteiger partial charge >= 0.3 is 6.09 Å². The highest BCUT2D eigenvalue weighted by molar-refractivity contribution is 5.96. The highest BCUT2D eigenvalue weighted by Gasteiger charge is 2.52. The SMILES string of the molecule is CC(C)(C)OC(=O)N1CC2(CNC/C2=N\O)C1. The minimum absolute atomic E-state index is 0.175. The van der Waals surface area contributed by atoms with Crippen molar-refractivity contribution in [2.45, 2.75) is 26.4 Å². The van der Waals surface area contributed by atoms with Crippen molar-refractivity contribution in [2.24, 2.45) is 10.6 Å². The Morgan fingerprint density at radius 1 is 1.53 bits per heavy atom. The van der Waals surface area contributed by atoms with Gasteiger partial charge in [0.1, 0.15) is 5.60 Å². The van der Waals surface area contributed by atoms with E-state index in [1.807, 2.05) is 20.8 Å². The molecule has 6 nitrogen and oxygen atoms in total. The molecule has 2 N–H and O–H groups in total. The van der Waals surface area contributed by atoms with E-state index in [0.29, 0.717) is 19.6 Å². The van der Waals surface area contributed by atoms with Crippen LogP contribution in [0.15, 0.2) is 5.16 Å². The van der Waals surface area contributed by atoms with Crippen LogP contribution in [-0.4, -0.2) is 53.7 Å². The van der Waals surface area contributed by atoms with Gasteiger partial charge in [-0.2, -0.15) is 0 Å². The van der Waals surface area contributed by atoms with Gasteiger partial charge < -0.3 is 20.2 Å². The minimum Gasteiger partial charge on any atom is -0.444 e. The normalized spacial score (nSPS) is 25.1. The van der Waals surface area contributed by atoms with Gasteiger partial charge in [0, 0.05) is 26.2 Å². The Kier molecular flexibility index (Phi) is 2.77. The predicted molar refractivity (Wildman–Crippen MR) is 62.3 cm³/mol. The minimum atomic E-state index is -0.471. The summed E-state index contributed by atoms with van der Waals surface area (Å²) in [6.45, 7) is 8.02. The highest BCUT2D eigenvalue weighted by atomic mass is 16.6. The maximum atomic E-state index is 11.8. The van der Waals surface area contributed by atoms with Crippen LogP contribution in [0.5, 0.6) is 0 Å². The molecule has 0 bridgehead atoms. The van der Waals surface area contributed by atoms with Gasteiger partial charge in [-0.15, -0.1) is 0 Å². The molecule has 0 aliphatic carbocycles. The van der Waals surface area contributed by atoms with Gasteiger partial charge in [0.2, 0.25) is 0 Å². The first-order valence-electron chi connectivity index (χ1n) is 5.76. The van der Waals surface area contributed by atoms with Crippen LogP contribution in [0, 0.1) is 5.41 Å². The Labute approximate surface area is 101 Å². The Balaban J connectivity index is 1.92. The third-order valence-corrected chi connectivity index (χ3v) is 3.13. The molecule has 0 saturated carbocycles. The number of likely N-dealkylation sites (tertiary alicyclic amines) is 1. The fourth-order valence-electron chi connectivity index (χ4n) is 2.29. The summed E-state index contributed by atoms with van der Waals surface area (Å²) in [5, 5.41) is 15.4. The lowest BCUT2D eigenvalue weighted by molar-refractivity contribution is -0.0107. The van der Waals surface area contributed by atoms with Gasteiger partial charge in [0.25, 0.3) is 0 Å². The molecule has 2 aliphatic rings. The topological polar surface area (TPSA) is 74.2 Å². The standard InChI is InChI=1S/C11H19N3O3/c1-10(2,3)17-9(15)14-6-11(7-14)5-12-4-8(11)13-16/h12,16H,4-7H2,1-3H3/b13-8+. The summed E-state index contributed by atoms with van der Waals surface area (Å²) in [6.07, 6.45) is -0.299. The van der Waals surface area contributed by atoms with Crippen molar-refractivity contribution >= 4 is 11.8 Å². The number of hydrogen-bond acceptors (Lipinski definition) is 5. The zero-order valence-corrected chi connectivity index (χ0v) is 10.5. The number of oxime groups is 1. The lowest BCUT2D eigenvalue weighted by atomic mass is 9.78. The molecule has 0 atom stereocenters. The molecule has 0 aromatic rings. The molecule has 2 rings (SSSR count). The number of hydrogen-bond donors (Lipinski definition) is 2. The van der Waals surface area contributed by atoms with Crippen LogP contribution in [-0.2, 0) is 4.74 Å². The number of ether oxygens (including phenoxy) is 1. The van der Waals surface area contributed by atoms with Crippen LogP contribution < -0.4 is 5.32 Å². The van der Waals surface area contributed by atoms with Crippen LogP contribution >= 0.6 is 0 Å². The molecule has 1 amide bonds. The molecular formula is C11H19N3O3. The van der Waals surface area contributed by atoms with Crippen LogP contribution in [0.4, 0.5) is 4.79 Å². The lowest BCUT2D eigenvalue weighted by Crippen LogP contribution is -2.63. The summed E-state index contributed by atoms with van der Waals surface area (Å²) >= 11 is 0. The van der Waals surface area contributed by atoms with Crippen LogP contribution in [0.3, 0.4) is 0 Å². The highest BCUT2D eigenvalue weighted by Crippen LogP contribution is 2.35. The van der Waals surface area contributed by atoms with Crippen LogP contribution in [0.2, 0.25) is 0 Å². The number of carbonyl (C=O) groups excluding carboxylic acids is 1. The summed E-state index contributed by atoms with van der Waals surface area (Å²) in [5.74, 6) is 0. The molecule has 0 aromatic carbocycles. The van der Waals surface area contributed by atoms with E-state index in [9.17, 15) is 4.79 Å². The second-order valence-electron chi connectivity index (χ2n) is 5.77. The van der Waals surface area contributed by atoms with Crippen LogP contribution in [0.1, 0.15) is 20.8 Å². The molecule has 1 spiro atoms. The zero-order valence-electron chi connectivity index (χ0n) is 10.5. The fourth-order valence-corrected chi connectivity index (χ4v) is 2.29. The number of amides is 1. The Bertz CT molecular complexity index is 353. The monoisotopic (exact) mass is 241 g/mol. The van der Waals surface area contributed by atoms with E-state index < -0.39 is 5.60 Å². The van der Waals surface area contributed by atoms with Crippen molar-refractivity contribution in [3.63, 3.8) is 0 Å². The fraction of sp³-hybridized carbons (Fsp3) is 0.818. The number of rotatable bonds is 0. The van der Waals surface area contributed by atoms with Crippen molar-refractivity contribution in [3.05, 3.63) is 0 Å². The molecule has 96 valence electrons. The first-order chi connectivity index (χ1) is 7.86. The zero-order chi connectivity index (χ0) is 12.7. The molecule has 0 aromatic heterocycles. The van der Waals surface area contributed by atoms with Crippen molar-refractivity contribution in [2.75, 3.05) is 26.2 Å². The summed E-state index contributed by atoms with van der Waals surface area (Å²) < 4.78 is 5.28. The largest absolute Gasteiger partial charge is 0.444 e. The molecule has 2 heterocycles. The molecule has 17 heavy (non-hydrogen) atoms. The van der Waals surface area contributed by atoms with E-state index in [1.54, 1.807) is 4.90 Å². The van der Waals surface area contributed by atoms with Crippen LogP contribution in [0.25, 0.3) is 0 Å². The number of nitrogens with zero attached hydrogens (tertiary/aromatic N) is 2. The van der Waals surface area contributed by atoms with E-state index in [0.717, 1.165) is 12.3 Å². The third kappa shape index (κ3) is 2.22. The average Bonchev–Trinajstić information content (AvgIpc) is 2.55. The van der Waals surface area contributed by atoms with Crippen molar-refractivity contribution in [1.29, 1.82) is 0 Å². The van der Waals surface area contributed by atoms with Gasteiger partial charge in [-0.05, 0) is 20.8 Å². The average molecular weight is 241 g/mol. The Morgan fingerprint density at radius 2 is 2.18 bits per heavy atom. The van der Waals surface area contributed by atoms with Gasteiger partial charge in [0.15, 0.2) is 0 Å². The van der Waals surface area contributed by atoms with Gasteiger partial charge in [-0.3, -0.25) is 0 Å². The van der Waals surface area contributed by atoms with Crippen molar-refractivity contribution < 1.29 is 14.7 Å². The summed E-state index contributed by atoms with van der Waals surface area (Å²) in [5.41, 5.74) is 0.0881. The number of carbonyl (C=O) groups is 1. The van der Waals surface area contributed by atoms with Gasteiger partial charge in [-0.1, -0.05) is 5.16 Å². The Morgan fingerprint density at radius 3 is 2.71 bits per heavy atom. The molecule has 2 saturated heterocycles. The first kappa shape index (κ1) is 12.2. The van der Waals surface area contributed by atoms with E-state index in [-0.39, 0.29) is 11.5 Å². The second kappa shape index (κ2) is 3.87. The maximum absolute atomic E-state index is 11.8. The summed E-state index contributed by atoms with van der Waals surface area (Å²) in [4.78, 5) is 13.4. The smallest absolute Gasteiger partial charge is 0.410 e. The van der Waals surface area contributed by atoms with E-state index >= 15 is 0 Å². The van der Waals surface area contributed by atoms with E-state index in [2.05, 4.69) is 10.5 Å². The van der Waals surface area contributed by atoms with E-state index in [4.69, 9.17) is 9.94 Å². The number of nitrogens with one attached hydrogen (secondary N) is 1. The quantitative estimate of drug-likeness (QED) is 0.482. The summed E-state index contributed by atoms with van der Waals surface area (Å²) in [6, 6.07) is 0. The third-order valence-electron chi connectivity index (χ3n) is 3.13. The summed E-state index contributed by atoms with van der Waals surface area (Å²) in [7, 11) is 0. The molecule has 2 fully saturated rings. The van der Waals surface area contributed by atoms with Gasteiger partial charge in [0.05, 0.1) is 11.1 Å². The van der Waals surface area contributed by atoms with Gasteiger partial charge in [-0.25, -0.2) is 4.79 Å². The van der Waals surface area contributed by atoms with Crippen molar-refractivity contribution in [3.8, 4) is 0 Å². The molecule has 6 heteroatoms. The maximum Gasteiger partial charge on any atom is 0.410 e. The molecule has 2 aliphatic heterocycles. The predicted octanol–water partition coefficient (Wildman–Crippen LogP) is 0.657. The first-order valence-corrected chi connectivity index (χ1v) is 5.76. The lowest BCUT2D eigenvalue weighted by Gasteiger charge is -2.47.